The highest BCUT2D eigenvalue weighted by Crippen LogP contribution is 2.34. The summed E-state index contributed by atoms with van der Waals surface area (Å²) < 4.78 is 0.891. The van der Waals surface area contributed by atoms with Crippen LogP contribution in [0.25, 0.3) is 10.8 Å². The van der Waals surface area contributed by atoms with E-state index in [0.29, 0.717) is 24.2 Å². The first-order valence-corrected chi connectivity index (χ1v) is 7.16. The summed E-state index contributed by atoms with van der Waals surface area (Å²) >= 11 is 3.47. The van der Waals surface area contributed by atoms with E-state index >= 15 is 0 Å². The molecule has 20 heavy (non-hydrogen) atoms. The van der Waals surface area contributed by atoms with Crippen LogP contribution in [0.15, 0.2) is 34.8 Å². The lowest BCUT2D eigenvalue weighted by Crippen LogP contribution is -2.43. The molecule has 0 atom stereocenters. The van der Waals surface area contributed by atoms with Crippen molar-refractivity contribution in [1.29, 1.82) is 0 Å². The van der Waals surface area contributed by atoms with E-state index in [0.717, 1.165) is 15.2 Å². The summed E-state index contributed by atoms with van der Waals surface area (Å²) in [6, 6.07) is 9.16. The average Bonchev–Trinajstić information content (AvgIpc) is 2.46. The van der Waals surface area contributed by atoms with Crippen molar-refractivity contribution >= 4 is 38.5 Å². The molecule has 0 radical (unpaired) electrons. The highest BCUT2D eigenvalue weighted by molar-refractivity contribution is 9.10. The third kappa shape index (κ3) is 1.85. The molecule has 1 aliphatic heterocycles. The third-order valence-corrected chi connectivity index (χ3v) is 4.22. The number of carbonyl (C=O) groups is 2. The molecule has 0 spiro atoms. The molecule has 0 aliphatic carbocycles. The van der Waals surface area contributed by atoms with Crippen LogP contribution in [0.3, 0.4) is 0 Å². The molecule has 1 N–H and O–H groups in total. The predicted molar refractivity (Wildman–Crippen MR) is 80.9 cm³/mol. The van der Waals surface area contributed by atoms with E-state index < -0.39 is 0 Å². The number of halogens is 1. The molecule has 2 amide bonds. The van der Waals surface area contributed by atoms with Crippen molar-refractivity contribution in [3.63, 3.8) is 0 Å². The Morgan fingerprint density at radius 3 is 2.50 bits per heavy atom. The Hall–Kier alpha value is -1.72. The standard InChI is InChI=1S/C15H13BrN2O2/c1-17-7-8-18-14(19)10-4-2-3-9-12(16)6-5-11(13(9)10)15(18)20/h2-6,17H,7-8H2,1H3. The summed E-state index contributed by atoms with van der Waals surface area (Å²) in [5, 5.41) is 4.61. The van der Waals surface area contributed by atoms with E-state index in [1.165, 1.54) is 4.90 Å². The summed E-state index contributed by atoms with van der Waals surface area (Å²) in [4.78, 5) is 26.3. The topological polar surface area (TPSA) is 49.4 Å². The lowest BCUT2D eigenvalue weighted by Gasteiger charge is -2.27. The van der Waals surface area contributed by atoms with Crippen molar-refractivity contribution in [3.8, 4) is 0 Å². The van der Waals surface area contributed by atoms with E-state index in [4.69, 9.17) is 0 Å². The Morgan fingerprint density at radius 1 is 1.10 bits per heavy atom. The Bertz CT molecular complexity index is 705. The van der Waals surface area contributed by atoms with Crippen molar-refractivity contribution in [3.05, 3.63) is 45.9 Å². The van der Waals surface area contributed by atoms with Crippen molar-refractivity contribution in [2.24, 2.45) is 0 Å². The van der Waals surface area contributed by atoms with Crippen LogP contribution < -0.4 is 5.32 Å². The molecule has 102 valence electrons. The zero-order valence-electron chi connectivity index (χ0n) is 10.9. The SMILES string of the molecule is CNCCN1C(=O)c2cccc3c(Br)ccc(c23)C1=O. The highest BCUT2D eigenvalue weighted by atomic mass is 79.9. The number of nitrogens with zero attached hydrogens (tertiary/aromatic N) is 1. The van der Waals surface area contributed by atoms with Gasteiger partial charge in [0.05, 0.1) is 0 Å². The van der Waals surface area contributed by atoms with Crippen LogP contribution in [0.2, 0.25) is 0 Å². The van der Waals surface area contributed by atoms with Crippen molar-refractivity contribution in [2.45, 2.75) is 0 Å². The van der Waals surface area contributed by atoms with Gasteiger partial charge >= 0.3 is 0 Å². The van der Waals surface area contributed by atoms with Crippen LogP contribution in [-0.4, -0.2) is 36.9 Å². The van der Waals surface area contributed by atoms with Crippen LogP contribution in [0.5, 0.6) is 0 Å². The van der Waals surface area contributed by atoms with Crippen LogP contribution in [-0.2, 0) is 0 Å². The number of benzene rings is 2. The molecule has 0 saturated heterocycles. The second-order valence-electron chi connectivity index (χ2n) is 4.69. The van der Waals surface area contributed by atoms with Crippen LogP contribution in [0.4, 0.5) is 0 Å². The number of likely N-dealkylation sites (N-methyl/N-ethyl adjacent to an activating group) is 1. The number of hydrogen-bond acceptors (Lipinski definition) is 3. The lowest BCUT2D eigenvalue weighted by atomic mass is 9.94. The number of amides is 2. The normalized spacial score (nSPS) is 14.2. The zero-order valence-corrected chi connectivity index (χ0v) is 12.5. The van der Waals surface area contributed by atoms with E-state index in [1.54, 1.807) is 19.2 Å². The maximum absolute atomic E-state index is 12.5. The van der Waals surface area contributed by atoms with Crippen LogP contribution in [0, 0.1) is 0 Å². The van der Waals surface area contributed by atoms with Gasteiger partial charge in [-0.25, -0.2) is 0 Å². The molecule has 0 unspecified atom stereocenters. The maximum atomic E-state index is 12.5. The molecule has 1 aliphatic rings. The Labute approximate surface area is 124 Å². The van der Waals surface area contributed by atoms with Crippen molar-refractivity contribution < 1.29 is 9.59 Å². The monoisotopic (exact) mass is 332 g/mol. The number of nitrogens with one attached hydrogen (secondary N) is 1. The molecule has 4 nitrogen and oxygen atoms in total. The van der Waals surface area contributed by atoms with Gasteiger partial charge in [0, 0.05) is 34.1 Å². The van der Waals surface area contributed by atoms with Gasteiger partial charge in [-0.15, -0.1) is 0 Å². The number of hydrogen-bond donors (Lipinski definition) is 1. The maximum Gasteiger partial charge on any atom is 0.261 e. The smallest absolute Gasteiger partial charge is 0.261 e. The van der Waals surface area contributed by atoms with Gasteiger partial charge in [-0.3, -0.25) is 14.5 Å². The highest BCUT2D eigenvalue weighted by Gasteiger charge is 2.32. The second kappa shape index (κ2) is 5.00. The van der Waals surface area contributed by atoms with Gasteiger partial charge in [0.15, 0.2) is 0 Å². The summed E-state index contributed by atoms with van der Waals surface area (Å²) in [5.41, 5.74) is 1.18. The first-order chi connectivity index (χ1) is 9.65. The quantitative estimate of drug-likeness (QED) is 0.878. The largest absolute Gasteiger partial charge is 0.318 e. The summed E-state index contributed by atoms with van der Waals surface area (Å²) in [5.74, 6) is -0.442. The van der Waals surface area contributed by atoms with Gasteiger partial charge in [-0.2, -0.15) is 0 Å². The second-order valence-corrected chi connectivity index (χ2v) is 5.54. The van der Waals surface area contributed by atoms with Crippen LogP contribution >= 0.6 is 15.9 Å². The number of carbonyl (C=O) groups excluding carboxylic acids is 2. The molecule has 5 heteroatoms. The number of imide groups is 1. The summed E-state index contributed by atoms with van der Waals surface area (Å²) in [6.07, 6.45) is 0. The van der Waals surface area contributed by atoms with Gasteiger partial charge in [0.25, 0.3) is 11.8 Å². The molecular weight excluding hydrogens is 320 g/mol. The zero-order chi connectivity index (χ0) is 14.3. The fourth-order valence-electron chi connectivity index (χ4n) is 2.54. The average molecular weight is 333 g/mol. The predicted octanol–water partition coefficient (Wildman–Crippen LogP) is 2.42. The lowest BCUT2D eigenvalue weighted by molar-refractivity contribution is 0.0613. The van der Waals surface area contributed by atoms with E-state index in [2.05, 4.69) is 21.2 Å². The van der Waals surface area contributed by atoms with Gasteiger partial charge in [-0.05, 0) is 30.6 Å². The van der Waals surface area contributed by atoms with Gasteiger partial charge in [0.1, 0.15) is 0 Å². The minimum atomic E-state index is -0.221. The van der Waals surface area contributed by atoms with E-state index in [-0.39, 0.29) is 11.8 Å². The fourth-order valence-corrected chi connectivity index (χ4v) is 3.00. The summed E-state index contributed by atoms with van der Waals surface area (Å²) in [6.45, 7) is 0.958. The molecule has 2 aromatic rings. The third-order valence-electron chi connectivity index (χ3n) is 3.52. The van der Waals surface area contributed by atoms with Crippen LogP contribution in [0.1, 0.15) is 20.7 Å². The van der Waals surface area contributed by atoms with Gasteiger partial charge in [-0.1, -0.05) is 28.1 Å². The molecule has 2 aromatic carbocycles. The minimum absolute atomic E-state index is 0.221. The molecule has 0 bridgehead atoms. The molecule has 0 saturated carbocycles. The molecule has 3 rings (SSSR count). The first-order valence-electron chi connectivity index (χ1n) is 6.37. The van der Waals surface area contributed by atoms with Gasteiger partial charge in [0.2, 0.25) is 0 Å². The minimum Gasteiger partial charge on any atom is -0.318 e. The molecule has 1 heterocycles. The van der Waals surface area contributed by atoms with Crippen molar-refractivity contribution in [2.75, 3.05) is 20.1 Å². The Balaban J connectivity index is 2.23. The van der Waals surface area contributed by atoms with Crippen molar-refractivity contribution in [1.82, 2.24) is 10.2 Å². The van der Waals surface area contributed by atoms with Gasteiger partial charge < -0.3 is 5.32 Å². The first kappa shape index (κ1) is 13.3. The summed E-state index contributed by atoms with van der Waals surface area (Å²) in [7, 11) is 1.80. The molecular formula is C15H13BrN2O2. The molecule has 0 aromatic heterocycles. The van der Waals surface area contributed by atoms with E-state index in [9.17, 15) is 9.59 Å². The Morgan fingerprint density at radius 2 is 1.80 bits per heavy atom. The Kier molecular flexibility index (Phi) is 3.31. The fraction of sp³-hybridized carbons (Fsp3) is 0.200. The van der Waals surface area contributed by atoms with E-state index in [1.807, 2.05) is 18.2 Å². The number of rotatable bonds is 3. The molecule has 0 fully saturated rings.